The molecule has 0 saturated heterocycles. The van der Waals surface area contributed by atoms with Crippen molar-refractivity contribution < 1.29 is 14.3 Å². The number of nitrogens with zero attached hydrogens (tertiary/aromatic N) is 1. The summed E-state index contributed by atoms with van der Waals surface area (Å²) < 4.78 is 5.35. The predicted octanol–water partition coefficient (Wildman–Crippen LogP) is 3.54. The van der Waals surface area contributed by atoms with Crippen LogP contribution >= 0.6 is 11.6 Å². The van der Waals surface area contributed by atoms with Crippen molar-refractivity contribution in [3.63, 3.8) is 0 Å². The maximum atomic E-state index is 12.4. The van der Waals surface area contributed by atoms with Crippen LogP contribution in [0.2, 0.25) is 5.02 Å². The van der Waals surface area contributed by atoms with E-state index in [0.717, 1.165) is 4.90 Å². The summed E-state index contributed by atoms with van der Waals surface area (Å²) in [6.45, 7) is 2.45. The quantitative estimate of drug-likeness (QED) is 0.815. The Kier molecular flexibility index (Phi) is 3.39. The molecule has 2 amide bonds. The lowest BCUT2D eigenvalue weighted by atomic mass is 10.1. The molecule has 0 bridgehead atoms. The summed E-state index contributed by atoms with van der Waals surface area (Å²) in [5.74, 6) is -0.00149. The fourth-order valence-corrected chi connectivity index (χ4v) is 2.48. The Hall–Kier alpha value is -2.33. The minimum Gasteiger partial charge on any atom is -0.494 e. The molecule has 106 valence electrons. The summed E-state index contributed by atoms with van der Waals surface area (Å²) in [6.07, 6.45) is 0. The van der Waals surface area contributed by atoms with E-state index in [9.17, 15) is 9.59 Å². The zero-order valence-electron chi connectivity index (χ0n) is 11.3. The molecule has 21 heavy (non-hydrogen) atoms. The molecule has 4 nitrogen and oxygen atoms in total. The van der Waals surface area contributed by atoms with E-state index >= 15 is 0 Å². The summed E-state index contributed by atoms with van der Waals surface area (Å²) in [5.41, 5.74) is 1.22. The van der Waals surface area contributed by atoms with Crippen molar-refractivity contribution in [1.82, 2.24) is 0 Å². The number of amides is 2. The Balaban J connectivity index is 1.97. The van der Waals surface area contributed by atoms with Crippen LogP contribution in [0.15, 0.2) is 42.5 Å². The molecule has 5 heteroatoms. The number of halogens is 1. The van der Waals surface area contributed by atoms with Crippen molar-refractivity contribution in [1.29, 1.82) is 0 Å². The molecule has 0 aromatic heterocycles. The van der Waals surface area contributed by atoms with Gasteiger partial charge in [0.05, 0.1) is 23.4 Å². The maximum Gasteiger partial charge on any atom is 0.266 e. The number of ether oxygens (including phenoxy) is 1. The Morgan fingerprint density at radius 2 is 1.67 bits per heavy atom. The van der Waals surface area contributed by atoms with E-state index < -0.39 is 0 Å². The van der Waals surface area contributed by atoms with Gasteiger partial charge in [-0.1, -0.05) is 11.6 Å². The van der Waals surface area contributed by atoms with Crippen molar-refractivity contribution >= 4 is 29.1 Å². The lowest BCUT2D eigenvalue weighted by molar-refractivity contribution is 0.0926. The van der Waals surface area contributed by atoms with Crippen molar-refractivity contribution in [2.24, 2.45) is 0 Å². The number of hydrogen-bond acceptors (Lipinski definition) is 3. The molecule has 2 aromatic carbocycles. The third-order valence-electron chi connectivity index (χ3n) is 3.25. The molecule has 0 N–H and O–H groups in total. The third-order valence-corrected chi connectivity index (χ3v) is 3.49. The van der Waals surface area contributed by atoms with Gasteiger partial charge in [0.1, 0.15) is 5.75 Å². The van der Waals surface area contributed by atoms with Gasteiger partial charge in [0.25, 0.3) is 11.8 Å². The lowest BCUT2D eigenvalue weighted by Gasteiger charge is -2.14. The highest BCUT2D eigenvalue weighted by atomic mass is 35.5. The van der Waals surface area contributed by atoms with Crippen LogP contribution in [0.1, 0.15) is 27.6 Å². The normalized spacial score (nSPS) is 13.5. The second-order valence-corrected chi connectivity index (χ2v) is 5.00. The van der Waals surface area contributed by atoms with E-state index in [-0.39, 0.29) is 11.8 Å². The summed E-state index contributed by atoms with van der Waals surface area (Å²) >= 11 is 5.89. The molecule has 0 unspecified atom stereocenters. The number of hydrogen-bond donors (Lipinski definition) is 0. The SMILES string of the molecule is CCOc1ccc(N2C(=O)c3ccc(Cl)cc3C2=O)cc1. The molecule has 0 fully saturated rings. The minimum absolute atomic E-state index is 0.335. The highest BCUT2D eigenvalue weighted by molar-refractivity contribution is 6.36. The first-order valence-electron chi connectivity index (χ1n) is 6.53. The average molecular weight is 302 g/mol. The molecule has 0 aliphatic carbocycles. The molecule has 0 radical (unpaired) electrons. The lowest BCUT2D eigenvalue weighted by Crippen LogP contribution is -2.29. The van der Waals surface area contributed by atoms with Crippen LogP contribution in [0.25, 0.3) is 0 Å². The van der Waals surface area contributed by atoms with Crippen LogP contribution in [0, 0.1) is 0 Å². The van der Waals surface area contributed by atoms with Crippen molar-refractivity contribution in [3.8, 4) is 5.75 Å². The zero-order chi connectivity index (χ0) is 15.0. The Labute approximate surface area is 126 Å². The molecule has 0 atom stereocenters. The van der Waals surface area contributed by atoms with Gasteiger partial charge in [-0.05, 0) is 49.4 Å². The molecule has 1 aliphatic heterocycles. The van der Waals surface area contributed by atoms with E-state index in [1.807, 2.05) is 6.92 Å². The van der Waals surface area contributed by atoms with E-state index in [1.165, 1.54) is 6.07 Å². The molecule has 3 rings (SSSR count). The monoisotopic (exact) mass is 301 g/mol. The highest BCUT2D eigenvalue weighted by Gasteiger charge is 2.36. The summed E-state index contributed by atoms with van der Waals surface area (Å²) in [5, 5.41) is 0.434. The van der Waals surface area contributed by atoms with Gasteiger partial charge in [0.15, 0.2) is 0 Å². The average Bonchev–Trinajstić information content (AvgIpc) is 2.72. The molecular formula is C16H12ClNO3. The van der Waals surface area contributed by atoms with E-state index in [4.69, 9.17) is 16.3 Å². The largest absolute Gasteiger partial charge is 0.494 e. The molecular weight excluding hydrogens is 290 g/mol. The van der Waals surface area contributed by atoms with Crippen LogP contribution in [0.4, 0.5) is 5.69 Å². The number of imide groups is 1. The third kappa shape index (κ3) is 2.28. The number of benzene rings is 2. The first kappa shape index (κ1) is 13.6. The van der Waals surface area contributed by atoms with Gasteiger partial charge in [0.2, 0.25) is 0 Å². The standard InChI is InChI=1S/C16H12ClNO3/c1-2-21-12-6-4-11(5-7-12)18-15(19)13-8-3-10(17)9-14(13)16(18)20/h3-9H,2H2,1H3. The minimum atomic E-state index is -0.360. The summed E-state index contributed by atoms with van der Waals surface area (Å²) in [7, 11) is 0. The number of rotatable bonds is 3. The second kappa shape index (κ2) is 5.22. The summed E-state index contributed by atoms with van der Waals surface area (Å²) in [6, 6.07) is 11.5. The van der Waals surface area contributed by atoms with Crippen LogP contribution in [-0.2, 0) is 0 Å². The molecule has 1 heterocycles. The fourth-order valence-electron chi connectivity index (χ4n) is 2.31. The van der Waals surface area contributed by atoms with Gasteiger partial charge in [-0.25, -0.2) is 4.90 Å². The highest BCUT2D eigenvalue weighted by Crippen LogP contribution is 2.30. The van der Waals surface area contributed by atoms with E-state index in [2.05, 4.69) is 0 Å². The molecule has 0 spiro atoms. The van der Waals surface area contributed by atoms with Gasteiger partial charge in [-0.3, -0.25) is 9.59 Å². The van der Waals surface area contributed by atoms with E-state index in [1.54, 1.807) is 36.4 Å². The predicted molar refractivity (Wildman–Crippen MR) is 80.2 cm³/mol. The number of fused-ring (bicyclic) bond motifs is 1. The van der Waals surface area contributed by atoms with E-state index in [0.29, 0.717) is 34.2 Å². The number of anilines is 1. The molecule has 0 saturated carbocycles. The fraction of sp³-hybridized carbons (Fsp3) is 0.125. The van der Waals surface area contributed by atoms with Crippen molar-refractivity contribution in [3.05, 3.63) is 58.6 Å². The Bertz CT molecular complexity index is 725. The molecule has 2 aromatic rings. The first-order chi connectivity index (χ1) is 10.1. The van der Waals surface area contributed by atoms with Gasteiger partial charge < -0.3 is 4.74 Å². The Morgan fingerprint density at radius 1 is 1.00 bits per heavy atom. The van der Waals surface area contributed by atoms with Gasteiger partial charge in [-0.15, -0.1) is 0 Å². The Morgan fingerprint density at radius 3 is 2.33 bits per heavy atom. The van der Waals surface area contributed by atoms with Gasteiger partial charge in [-0.2, -0.15) is 0 Å². The number of carbonyl (C=O) groups excluding carboxylic acids is 2. The van der Waals surface area contributed by atoms with Crippen molar-refractivity contribution in [2.45, 2.75) is 6.92 Å². The van der Waals surface area contributed by atoms with Crippen LogP contribution in [-0.4, -0.2) is 18.4 Å². The number of carbonyl (C=O) groups is 2. The van der Waals surface area contributed by atoms with Gasteiger partial charge >= 0.3 is 0 Å². The smallest absolute Gasteiger partial charge is 0.266 e. The van der Waals surface area contributed by atoms with Crippen LogP contribution < -0.4 is 9.64 Å². The van der Waals surface area contributed by atoms with Gasteiger partial charge in [0, 0.05) is 5.02 Å². The maximum absolute atomic E-state index is 12.4. The van der Waals surface area contributed by atoms with Crippen LogP contribution in [0.3, 0.4) is 0 Å². The van der Waals surface area contributed by atoms with Crippen LogP contribution in [0.5, 0.6) is 5.75 Å². The summed E-state index contributed by atoms with van der Waals surface area (Å²) in [4.78, 5) is 25.9. The van der Waals surface area contributed by atoms with Crippen molar-refractivity contribution in [2.75, 3.05) is 11.5 Å². The zero-order valence-corrected chi connectivity index (χ0v) is 12.1. The topological polar surface area (TPSA) is 46.6 Å². The molecule has 1 aliphatic rings. The second-order valence-electron chi connectivity index (χ2n) is 4.56. The first-order valence-corrected chi connectivity index (χ1v) is 6.91.